The summed E-state index contributed by atoms with van der Waals surface area (Å²) >= 11 is 2.05. The molecule has 5 nitrogen and oxygen atoms in total. The number of nitrogens with two attached hydrogens (primary N) is 1. The minimum Gasteiger partial charge on any atom is -0.409 e. The Morgan fingerprint density at radius 1 is 1.37 bits per heavy atom. The number of hydrogen-bond acceptors (Lipinski definition) is 5. The van der Waals surface area contributed by atoms with Gasteiger partial charge in [0.15, 0.2) is 0 Å². The minimum absolute atomic E-state index is 0.222. The van der Waals surface area contributed by atoms with Crippen molar-refractivity contribution in [3.63, 3.8) is 0 Å². The summed E-state index contributed by atoms with van der Waals surface area (Å²) in [5.41, 5.74) is 5.44. The first-order chi connectivity index (χ1) is 9.06. The summed E-state index contributed by atoms with van der Waals surface area (Å²) in [6.45, 7) is 9.65. The zero-order chi connectivity index (χ0) is 14.1. The van der Waals surface area contributed by atoms with Crippen LogP contribution in [0.25, 0.3) is 0 Å². The Hall–Kier alpha value is -0.460. The number of amidine groups is 1. The molecule has 19 heavy (non-hydrogen) atoms. The van der Waals surface area contributed by atoms with Crippen molar-refractivity contribution in [2.75, 3.05) is 44.2 Å². The van der Waals surface area contributed by atoms with Gasteiger partial charge in [-0.3, -0.25) is 0 Å². The van der Waals surface area contributed by atoms with Crippen LogP contribution in [0, 0.1) is 5.41 Å². The molecule has 1 rings (SSSR count). The monoisotopic (exact) mass is 288 g/mol. The van der Waals surface area contributed by atoms with E-state index >= 15 is 0 Å². The van der Waals surface area contributed by atoms with Crippen LogP contribution in [0.1, 0.15) is 26.7 Å². The molecule has 0 aliphatic carbocycles. The Morgan fingerprint density at radius 3 is 2.68 bits per heavy atom. The van der Waals surface area contributed by atoms with Gasteiger partial charge < -0.3 is 21.2 Å². The third-order valence-electron chi connectivity index (χ3n) is 3.66. The van der Waals surface area contributed by atoms with Crippen molar-refractivity contribution in [2.24, 2.45) is 16.3 Å². The summed E-state index contributed by atoms with van der Waals surface area (Å²) in [7, 11) is 0. The largest absolute Gasteiger partial charge is 0.409 e. The summed E-state index contributed by atoms with van der Waals surface area (Å²) in [6, 6.07) is 0. The van der Waals surface area contributed by atoms with Crippen molar-refractivity contribution in [3.8, 4) is 0 Å². The van der Waals surface area contributed by atoms with E-state index in [9.17, 15) is 0 Å². The predicted octanol–water partition coefficient (Wildman–Crippen LogP) is 1.18. The van der Waals surface area contributed by atoms with Crippen molar-refractivity contribution in [1.82, 2.24) is 10.2 Å². The average Bonchev–Trinajstić information content (AvgIpc) is 2.42. The topological polar surface area (TPSA) is 73.9 Å². The van der Waals surface area contributed by atoms with E-state index < -0.39 is 0 Å². The van der Waals surface area contributed by atoms with Crippen LogP contribution in [-0.4, -0.2) is 60.2 Å². The summed E-state index contributed by atoms with van der Waals surface area (Å²) in [5, 5.41) is 15.3. The van der Waals surface area contributed by atoms with Crippen LogP contribution >= 0.6 is 11.8 Å². The Bertz CT molecular complexity index is 278. The molecule has 0 saturated carbocycles. The van der Waals surface area contributed by atoms with Crippen molar-refractivity contribution < 1.29 is 5.21 Å². The van der Waals surface area contributed by atoms with E-state index in [2.05, 4.69) is 15.4 Å². The maximum Gasteiger partial charge on any atom is 0.144 e. The second-order valence-electron chi connectivity index (χ2n) is 5.68. The number of nitrogens with zero attached hydrogens (tertiary/aromatic N) is 2. The molecule has 0 aromatic carbocycles. The molecule has 0 radical (unpaired) electrons. The molecule has 6 heteroatoms. The maximum atomic E-state index is 8.70. The highest BCUT2D eigenvalue weighted by molar-refractivity contribution is 7.99. The average molecular weight is 288 g/mol. The van der Waals surface area contributed by atoms with Crippen LogP contribution in [0.3, 0.4) is 0 Å². The summed E-state index contributed by atoms with van der Waals surface area (Å²) < 4.78 is 0. The van der Waals surface area contributed by atoms with Gasteiger partial charge >= 0.3 is 0 Å². The van der Waals surface area contributed by atoms with Crippen LogP contribution in [0.4, 0.5) is 0 Å². The lowest BCUT2D eigenvalue weighted by Gasteiger charge is -2.26. The normalized spacial score (nSPS) is 18.7. The van der Waals surface area contributed by atoms with E-state index in [1.165, 1.54) is 24.6 Å². The zero-order valence-electron chi connectivity index (χ0n) is 12.2. The third kappa shape index (κ3) is 6.49. The van der Waals surface area contributed by atoms with Gasteiger partial charge in [0.25, 0.3) is 0 Å². The first kappa shape index (κ1) is 16.6. The van der Waals surface area contributed by atoms with Crippen molar-refractivity contribution in [2.45, 2.75) is 26.7 Å². The molecule has 112 valence electrons. The lowest BCUT2D eigenvalue weighted by Crippen LogP contribution is -2.38. The molecule has 0 aromatic heterocycles. The number of hydrogen-bond donors (Lipinski definition) is 3. The van der Waals surface area contributed by atoms with E-state index in [0.717, 1.165) is 32.5 Å². The van der Waals surface area contributed by atoms with Crippen molar-refractivity contribution in [1.29, 1.82) is 0 Å². The smallest absolute Gasteiger partial charge is 0.144 e. The highest BCUT2D eigenvalue weighted by Crippen LogP contribution is 2.21. The van der Waals surface area contributed by atoms with E-state index in [0.29, 0.717) is 5.84 Å². The second-order valence-corrected chi connectivity index (χ2v) is 6.90. The quantitative estimate of drug-likeness (QED) is 0.206. The molecule has 1 saturated heterocycles. The van der Waals surface area contributed by atoms with Crippen LogP contribution < -0.4 is 11.1 Å². The Balaban J connectivity index is 2.01. The molecular formula is C13H28N4OS. The second kappa shape index (κ2) is 8.66. The highest BCUT2D eigenvalue weighted by atomic mass is 32.2. The van der Waals surface area contributed by atoms with Crippen molar-refractivity contribution >= 4 is 17.6 Å². The molecule has 0 aromatic rings. The fraction of sp³-hybridized carbons (Fsp3) is 0.923. The number of thioether (sulfide) groups is 1. The van der Waals surface area contributed by atoms with Crippen LogP contribution in [0.5, 0.6) is 0 Å². The Morgan fingerprint density at radius 2 is 2.05 bits per heavy atom. The van der Waals surface area contributed by atoms with Crippen LogP contribution in [-0.2, 0) is 0 Å². The molecule has 0 bridgehead atoms. The van der Waals surface area contributed by atoms with Gasteiger partial charge in [-0.15, -0.1) is 0 Å². The van der Waals surface area contributed by atoms with Gasteiger partial charge in [0, 0.05) is 43.1 Å². The van der Waals surface area contributed by atoms with E-state index in [4.69, 9.17) is 10.9 Å². The molecule has 0 unspecified atom stereocenters. The van der Waals surface area contributed by atoms with E-state index in [1.54, 1.807) is 0 Å². The highest BCUT2D eigenvalue weighted by Gasteiger charge is 2.22. The van der Waals surface area contributed by atoms with Crippen molar-refractivity contribution in [3.05, 3.63) is 0 Å². The standard InChI is InChI=1S/C13H28N4OS/c1-13(2,12(14)16-18)4-3-5-15-6-7-17-8-10-19-11-9-17/h15,18H,3-11H2,1-2H3,(H2,14,16). The molecular weight excluding hydrogens is 260 g/mol. The molecule has 0 spiro atoms. The fourth-order valence-electron chi connectivity index (χ4n) is 2.11. The molecule has 1 aliphatic heterocycles. The first-order valence-corrected chi connectivity index (χ1v) is 8.20. The lowest BCUT2D eigenvalue weighted by molar-refractivity contribution is 0.297. The van der Waals surface area contributed by atoms with Crippen LogP contribution in [0.15, 0.2) is 5.16 Å². The molecule has 4 N–H and O–H groups in total. The third-order valence-corrected chi connectivity index (χ3v) is 4.61. The number of oxime groups is 1. The maximum absolute atomic E-state index is 8.70. The van der Waals surface area contributed by atoms with Gasteiger partial charge in [0.05, 0.1) is 0 Å². The Kier molecular flexibility index (Phi) is 7.56. The SMILES string of the molecule is CC(C)(CCCNCCN1CCSCC1)C(N)=NO. The van der Waals surface area contributed by atoms with Gasteiger partial charge in [-0.1, -0.05) is 19.0 Å². The zero-order valence-corrected chi connectivity index (χ0v) is 13.0. The van der Waals surface area contributed by atoms with Crippen LogP contribution in [0.2, 0.25) is 0 Å². The minimum atomic E-state index is -0.222. The predicted molar refractivity (Wildman–Crippen MR) is 83.1 cm³/mol. The Labute approximate surface area is 121 Å². The van der Waals surface area contributed by atoms with Gasteiger partial charge in [-0.2, -0.15) is 11.8 Å². The van der Waals surface area contributed by atoms with E-state index in [1.807, 2.05) is 25.6 Å². The van der Waals surface area contributed by atoms with Gasteiger partial charge in [0.2, 0.25) is 0 Å². The van der Waals surface area contributed by atoms with Gasteiger partial charge in [0.1, 0.15) is 5.84 Å². The van der Waals surface area contributed by atoms with E-state index in [-0.39, 0.29) is 5.41 Å². The van der Waals surface area contributed by atoms with Gasteiger partial charge in [-0.25, -0.2) is 0 Å². The van der Waals surface area contributed by atoms with Gasteiger partial charge in [-0.05, 0) is 19.4 Å². The first-order valence-electron chi connectivity index (χ1n) is 7.05. The lowest BCUT2D eigenvalue weighted by atomic mass is 9.86. The molecule has 1 heterocycles. The molecule has 1 aliphatic rings. The summed E-state index contributed by atoms with van der Waals surface area (Å²) in [5.74, 6) is 2.86. The fourth-order valence-corrected chi connectivity index (χ4v) is 3.08. The molecule has 1 fully saturated rings. The molecule has 0 amide bonds. The number of rotatable bonds is 8. The summed E-state index contributed by atoms with van der Waals surface area (Å²) in [6.07, 6.45) is 1.97. The molecule has 0 atom stereocenters. The summed E-state index contributed by atoms with van der Waals surface area (Å²) in [4.78, 5) is 2.52. The number of nitrogens with one attached hydrogen (secondary N) is 1.